The van der Waals surface area contributed by atoms with Crippen molar-refractivity contribution in [2.45, 2.75) is 32.7 Å². The Kier molecular flexibility index (Phi) is 4.57. The van der Waals surface area contributed by atoms with Crippen molar-refractivity contribution < 1.29 is 9.21 Å². The highest BCUT2D eigenvalue weighted by atomic mass is 16.3. The van der Waals surface area contributed by atoms with Gasteiger partial charge in [0, 0.05) is 44.0 Å². The third-order valence-corrected chi connectivity index (χ3v) is 7.46. The third-order valence-electron chi connectivity index (χ3n) is 7.46. The van der Waals surface area contributed by atoms with Crippen molar-refractivity contribution in [3.05, 3.63) is 42.6 Å². The lowest BCUT2D eigenvalue weighted by Gasteiger charge is -2.46. The molecular weight excluding hydrogens is 366 g/mol. The second-order valence-corrected chi connectivity index (χ2v) is 8.76. The van der Waals surface area contributed by atoms with Gasteiger partial charge in [-0.1, -0.05) is 0 Å². The van der Waals surface area contributed by atoms with Crippen molar-refractivity contribution in [3.8, 4) is 0 Å². The lowest BCUT2D eigenvalue weighted by molar-refractivity contribution is -0.142. The Labute approximate surface area is 171 Å². The molecule has 1 amide bonds. The number of carbonyl (C=O) groups excluding carboxylic acids is 1. The van der Waals surface area contributed by atoms with Crippen molar-refractivity contribution in [3.63, 3.8) is 0 Å². The number of anilines is 1. The first-order valence-corrected chi connectivity index (χ1v) is 10.7. The normalized spacial score (nSPS) is 26.9. The molecule has 2 spiro atoms. The van der Waals surface area contributed by atoms with E-state index < -0.39 is 0 Å². The highest BCUT2D eigenvalue weighted by molar-refractivity contribution is 5.87. The van der Waals surface area contributed by atoms with Crippen LogP contribution >= 0.6 is 0 Å². The number of likely N-dealkylation sites (tertiary alicyclic amines) is 2. The van der Waals surface area contributed by atoms with E-state index in [4.69, 9.17) is 4.42 Å². The summed E-state index contributed by atoms with van der Waals surface area (Å²) in [6, 6.07) is 5.83. The maximum atomic E-state index is 13.6. The van der Waals surface area contributed by atoms with Gasteiger partial charge in [0.15, 0.2) is 0 Å². The van der Waals surface area contributed by atoms with E-state index in [1.54, 1.807) is 18.7 Å². The molecule has 5 heterocycles. The lowest BCUT2D eigenvalue weighted by atomic mass is 9.60. The summed E-state index contributed by atoms with van der Waals surface area (Å²) < 4.78 is 5.54. The number of aromatic nitrogens is 2. The van der Waals surface area contributed by atoms with Gasteiger partial charge in [0.1, 0.15) is 5.76 Å². The highest BCUT2D eigenvalue weighted by Crippen LogP contribution is 2.58. The maximum Gasteiger partial charge on any atom is 0.231 e. The minimum atomic E-state index is -0.307. The predicted molar refractivity (Wildman–Crippen MR) is 109 cm³/mol. The summed E-state index contributed by atoms with van der Waals surface area (Å²) in [4.78, 5) is 29.3. The molecule has 154 valence electrons. The topological polar surface area (TPSA) is 65.7 Å². The average molecular weight is 396 g/mol. The molecule has 5 rings (SSSR count). The van der Waals surface area contributed by atoms with Crippen molar-refractivity contribution in [1.29, 1.82) is 0 Å². The van der Waals surface area contributed by atoms with Crippen molar-refractivity contribution >= 4 is 11.9 Å². The Morgan fingerprint density at radius 3 is 2.52 bits per heavy atom. The van der Waals surface area contributed by atoms with Gasteiger partial charge in [-0.15, -0.1) is 0 Å². The Bertz CT molecular complexity index is 847. The zero-order chi connectivity index (χ0) is 19.9. The highest BCUT2D eigenvalue weighted by Gasteiger charge is 2.65. The van der Waals surface area contributed by atoms with Gasteiger partial charge in [0.25, 0.3) is 0 Å². The molecule has 2 aromatic heterocycles. The maximum absolute atomic E-state index is 13.6. The van der Waals surface area contributed by atoms with Crippen LogP contribution < -0.4 is 4.90 Å². The number of piperidine rings is 1. The summed E-state index contributed by atoms with van der Waals surface area (Å²) in [5, 5.41) is 0. The molecule has 0 aromatic carbocycles. The van der Waals surface area contributed by atoms with Crippen LogP contribution in [0.25, 0.3) is 0 Å². The summed E-state index contributed by atoms with van der Waals surface area (Å²) >= 11 is 0. The number of amides is 1. The second-order valence-electron chi connectivity index (χ2n) is 8.76. The number of fused-ring (bicyclic) bond motifs is 1. The van der Waals surface area contributed by atoms with Crippen LogP contribution in [0.4, 0.5) is 5.95 Å². The van der Waals surface area contributed by atoms with Crippen molar-refractivity contribution in [1.82, 2.24) is 19.8 Å². The number of hydrogen-bond acceptors (Lipinski definition) is 6. The summed E-state index contributed by atoms with van der Waals surface area (Å²) in [7, 11) is 0. The number of hydrogen-bond donors (Lipinski definition) is 0. The van der Waals surface area contributed by atoms with Crippen LogP contribution in [0.15, 0.2) is 41.3 Å². The molecule has 3 fully saturated rings. The SMILES string of the molecule is CCN1CC[C@]2(CN(c3ncccn3)CC23CCN(Cc2ccco2)CC3)C1=O. The molecule has 1 atom stereocenters. The van der Waals surface area contributed by atoms with Crippen LogP contribution in [0.2, 0.25) is 0 Å². The smallest absolute Gasteiger partial charge is 0.231 e. The van der Waals surface area contributed by atoms with E-state index in [1.165, 1.54) is 0 Å². The molecule has 0 unspecified atom stereocenters. The molecule has 3 saturated heterocycles. The van der Waals surface area contributed by atoms with Gasteiger partial charge in [-0.3, -0.25) is 9.69 Å². The molecule has 2 aromatic rings. The number of rotatable bonds is 4. The van der Waals surface area contributed by atoms with E-state index >= 15 is 0 Å². The van der Waals surface area contributed by atoms with E-state index in [0.717, 1.165) is 76.8 Å². The molecule has 0 aliphatic carbocycles. The first kappa shape index (κ1) is 18.6. The Morgan fingerprint density at radius 2 is 1.86 bits per heavy atom. The predicted octanol–water partition coefficient (Wildman–Crippen LogP) is 2.41. The molecular formula is C22H29N5O2. The molecule has 7 nitrogen and oxygen atoms in total. The minimum absolute atomic E-state index is 0.00707. The van der Waals surface area contributed by atoms with Crippen LogP contribution in [-0.2, 0) is 11.3 Å². The molecule has 3 aliphatic heterocycles. The Morgan fingerprint density at radius 1 is 1.07 bits per heavy atom. The minimum Gasteiger partial charge on any atom is -0.468 e. The van der Waals surface area contributed by atoms with Gasteiger partial charge in [0.05, 0.1) is 18.2 Å². The van der Waals surface area contributed by atoms with Gasteiger partial charge >= 0.3 is 0 Å². The van der Waals surface area contributed by atoms with Gasteiger partial charge < -0.3 is 14.2 Å². The summed E-state index contributed by atoms with van der Waals surface area (Å²) in [6.07, 6.45) is 8.32. The van der Waals surface area contributed by atoms with E-state index in [0.29, 0.717) is 5.91 Å². The molecule has 7 heteroatoms. The van der Waals surface area contributed by atoms with Crippen LogP contribution in [0, 0.1) is 10.8 Å². The van der Waals surface area contributed by atoms with Crippen LogP contribution in [0.1, 0.15) is 31.9 Å². The first-order chi connectivity index (χ1) is 14.2. The van der Waals surface area contributed by atoms with Crippen LogP contribution in [0.5, 0.6) is 0 Å². The number of nitrogens with zero attached hydrogens (tertiary/aromatic N) is 5. The molecule has 0 radical (unpaired) electrons. The molecule has 0 bridgehead atoms. The van der Waals surface area contributed by atoms with Crippen molar-refractivity contribution in [2.24, 2.45) is 10.8 Å². The van der Waals surface area contributed by atoms with E-state index in [2.05, 4.69) is 26.7 Å². The fourth-order valence-corrected chi connectivity index (χ4v) is 5.84. The average Bonchev–Trinajstić information content (AvgIpc) is 3.46. The standard InChI is InChI=1S/C22H29N5O2/c1-2-26-13-8-22(19(26)28)17-27(20-23-9-4-10-24-20)16-21(22)6-11-25(12-7-21)15-18-5-3-14-29-18/h3-5,9-10,14H,2,6-8,11-13,15-17H2,1H3/t22-/m0/s1. The second kappa shape index (κ2) is 7.13. The third kappa shape index (κ3) is 2.94. The summed E-state index contributed by atoms with van der Waals surface area (Å²) in [6.45, 7) is 8.19. The van der Waals surface area contributed by atoms with Crippen LogP contribution in [0.3, 0.4) is 0 Å². The van der Waals surface area contributed by atoms with Gasteiger partial charge in [0.2, 0.25) is 11.9 Å². The zero-order valence-electron chi connectivity index (χ0n) is 17.1. The molecule has 29 heavy (non-hydrogen) atoms. The Balaban J connectivity index is 1.41. The quantitative estimate of drug-likeness (QED) is 0.792. The van der Waals surface area contributed by atoms with E-state index in [-0.39, 0.29) is 10.8 Å². The largest absolute Gasteiger partial charge is 0.468 e. The number of furan rings is 1. The molecule has 0 N–H and O–H groups in total. The van der Waals surface area contributed by atoms with Gasteiger partial charge in [-0.2, -0.15) is 0 Å². The monoisotopic (exact) mass is 395 g/mol. The Hall–Kier alpha value is -2.41. The van der Waals surface area contributed by atoms with Crippen LogP contribution in [-0.4, -0.2) is 64.9 Å². The van der Waals surface area contributed by atoms with Gasteiger partial charge in [-0.25, -0.2) is 9.97 Å². The fourth-order valence-electron chi connectivity index (χ4n) is 5.84. The first-order valence-electron chi connectivity index (χ1n) is 10.7. The van der Waals surface area contributed by atoms with E-state index in [9.17, 15) is 4.79 Å². The summed E-state index contributed by atoms with van der Waals surface area (Å²) in [5.41, 5.74) is -0.314. The molecule has 3 aliphatic rings. The molecule has 0 saturated carbocycles. The number of carbonyl (C=O) groups is 1. The van der Waals surface area contributed by atoms with Crippen molar-refractivity contribution in [2.75, 3.05) is 44.2 Å². The zero-order valence-corrected chi connectivity index (χ0v) is 17.1. The fraction of sp³-hybridized carbons (Fsp3) is 0.591. The van der Waals surface area contributed by atoms with E-state index in [1.807, 2.05) is 23.1 Å². The summed E-state index contributed by atoms with van der Waals surface area (Å²) in [5.74, 6) is 2.11. The van der Waals surface area contributed by atoms with Gasteiger partial charge in [-0.05, 0) is 57.5 Å². The lowest BCUT2D eigenvalue weighted by Crippen LogP contribution is -2.52.